The maximum atomic E-state index is 12.1. The number of nitriles is 1. The molecule has 0 bridgehead atoms. The zero-order valence-electron chi connectivity index (χ0n) is 13.1. The first-order valence-corrected chi connectivity index (χ1v) is 7.55. The molecule has 1 N–H and O–H groups in total. The van der Waals surface area contributed by atoms with Crippen molar-refractivity contribution in [1.29, 1.82) is 5.26 Å². The Hall–Kier alpha value is -2.42. The monoisotopic (exact) mass is 302 g/mol. The lowest BCUT2D eigenvalue weighted by Gasteiger charge is -2.21. The van der Waals surface area contributed by atoms with E-state index in [-0.39, 0.29) is 30.3 Å². The van der Waals surface area contributed by atoms with E-state index in [0.717, 1.165) is 25.9 Å². The van der Waals surface area contributed by atoms with Gasteiger partial charge in [0, 0.05) is 32.1 Å². The summed E-state index contributed by atoms with van der Waals surface area (Å²) in [5.74, 6) is -0.295. The number of hydrogen-bond acceptors (Lipinski definition) is 4. The van der Waals surface area contributed by atoms with Gasteiger partial charge in [-0.05, 0) is 25.0 Å². The summed E-state index contributed by atoms with van der Waals surface area (Å²) in [7, 11) is 0. The van der Waals surface area contributed by atoms with Gasteiger partial charge >= 0.3 is 0 Å². The molecule has 22 heavy (non-hydrogen) atoms. The van der Waals surface area contributed by atoms with Crippen molar-refractivity contribution in [2.24, 2.45) is 0 Å². The highest BCUT2D eigenvalue weighted by atomic mass is 16.2. The summed E-state index contributed by atoms with van der Waals surface area (Å²) in [6.07, 6.45) is 3.57. The predicted octanol–water partition coefficient (Wildman–Crippen LogP) is 2.32. The molecule has 0 aromatic carbocycles. The Labute approximate surface area is 131 Å². The highest BCUT2D eigenvalue weighted by Crippen LogP contribution is 2.11. The first-order valence-electron chi connectivity index (χ1n) is 7.55. The fraction of sp³-hybridized carbons (Fsp3) is 0.500. The van der Waals surface area contributed by atoms with E-state index in [0.29, 0.717) is 5.69 Å². The summed E-state index contributed by atoms with van der Waals surface area (Å²) in [6.45, 7) is 5.48. The van der Waals surface area contributed by atoms with Crippen molar-refractivity contribution in [1.82, 2.24) is 9.88 Å². The van der Waals surface area contributed by atoms with Crippen molar-refractivity contribution in [3.05, 3.63) is 24.0 Å². The molecule has 1 aromatic heterocycles. The molecule has 0 saturated heterocycles. The van der Waals surface area contributed by atoms with Crippen LogP contribution in [0.15, 0.2) is 18.3 Å². The van der Waals surface area contributed by atoms with Crippen LogP contribution in [0.25, 0.3) is 0 Å². The third kappa shape index (κ3) is 5.52. The zero-order valence-corrected chi connectivity index (χ0v) is 13.1. The Kier molecular flexibility index (Phi) is 7.62. The molecule has 0 fully saturated rings. The predicted molar refractivity (Wildman–Crippen MR) is 84.0 cm³/mol. The van der Waals surface area contributed by atoms with Gasteiger partial charge in [0.25, 0.3) is 0 Å². The van der Waals surface area contributed by atoms with Gasteiger partial charge in [0.2, 0.25) is 11.8 Å². The molecule has 6 heteroatoms. The lowest BCUT2D eigenvalue weighted by molar-refractivity contribution is -0.132. The summed E-state index contributed by atoms with van der Waals surface area (Å²) in [5, 5.41) is 11.5. The van der Waals surface area contributed by atoms with Gasteiger partial charge in [-0.25, -0.2) is 4.98 Å². The maximum absolute atomic E-state index is 12.1. The number of carbonyl (C=O) groups excluding carboxylic acids is 2. The molecule has 0 atom stereocenters. The lowest BCUT2D eigenvalue weighted by atomic mass is 10.2. The van der Waals surface area contributed by atoms with Crippen LogP contribution in [0.2, 0.25) is 0 Å². The number of pyridine rings is 1. The van der Waals surface area contributed by atoms with Crippen LogP contribution >= 0.6 is 0 Å². The van der Waals surface area contributed by atoms with Crippen LogP contribution in [0.3, 0.4) is 0 Å². The number of carbonyl (C=O) groups is 2. The Morgan fingerprint density at radius 1 is 1.27 bits per heavy atom. The third-order valence-electron chi connectivity index (χ3n) is 3.09. The average Bonchev–Trinajstić information content (AvgIpc) is 2.53. The van der Waals surface area contributed by atoms with Crippen LogP contribution in [0.4, 0.5) is 5.69 Å². The van der Waals surface area contributed by atoms with Gasteiger partial charge in [-0.3, -0.25) is 9.59 Å². The second kappa shape index (κ2) is 9.50. The molecule has 0 radical (unpaired) electrons. The second-order valence-electron chi connectivity index (χ2n) is 4.94. The molecule has 6 nitrogen and oxygen atoms in total. The summed E-state index contributed by atoms with van der Waals surface area (Å²) in [6, 6.07) is 5.18. The van der Waals surface area contributed by atoms with Crippen molar-refractivity contribution in [2.75, 3.05) is 18.4 Å². The van der Waals surface area contributed by atoms with Crippen LogP contribution in [0, 0.1) is 11.3 Å². The number of anilines is 1. The van der Waals surface area contributed by atoms with Gasteiger partial charge in [-0.2, -0.15) is 5.26 Å². The number of nitrogens with one attached hydrogen (secondary N) is 1. The zero-order chi connectivity index (χ0) is 16.4. The van der Waals surface area contributed by atoms with Gasteiger partial charge in [0.05, 0.1) is 5.69 Å². The maximum Gasteiger partial charge on any atom is 0.224 e. The topological polar surface area (TPSA) is 86.1 Å². The molecule has 118 valence electrons. The molecule has 2 amide bonds. The third-order valence-corrected chi connectivity index (χ3v) is 3.09. The standard InChI is InChI=1S/C16H22N4O2/c1-3-10-20(11-4-2)16(22)8-7-15(21)19-13-6-5-9-18-14(13)12-17/h5-6,9H,3-4,7-8,10-11H2,1-2H3,(H,19,21). The van der Waals surface area contributed by atoms with Crippen molar-refractivity contribution >= 4 is 17.5 Å². The minimum Gasteiger partial charge on any atom is -0.343 e. The molecule has 1 rings (SSSR count). The summed E-state index contributed by atoms with van der Waals surface area (Å²) in [4.78, 5) is 29.6. The van der Waals surface area contributed by atoms with Crippen LogP contribution in [-0.4, -0.2) is 34.8 Å². The summed E-state index contributed by atoms with van der Waals surface area (Å²) in [5.41, 5.74) is 0.544. The van der Waals surface area contributed by atoms with Crippen molar-refractivity contribution in [3.63, 3.8) is 0 Å². The van der Waals surface area contributed by atoms with Crippen LogP contribution in [0.1, 0.15) is 45.2 Å². The molecule has 0 aliphatic rings. The molecule has 1 heterocycles. The van der Waals surface area contributed by atoms with Gasteiger partial charge in [0.15, 0.2) is 5.69 Å². The first-order chi connectivity index (χ1) is 10.6. The van der Waals surface area contributed by atoms with E-state index in [1.165, 1.54) is 6.20 Å². The molecule has 1 aromatic rings. The number of amides is 2. The smallest absolute Gasteiger partial charge is 0.224 e. The van der Waals surface area contributed by atoms with Gasteiger partial charge < -0.3 is 10.2 Å². The SMILES string of the molecule is CCCN(CCC)C(=O)CCC(=O)Nc1cccnc1C#N. The Morgan fingerprint density at radius 3 is 2.55 bits per heavy atom. The van der Waals surface area contributed by atoms with Crippen molar-refractivity contribution in [2.45, 2.75) is 39.5 Å². The molecule has 0 aliphatic carbocycles. The normalized spacial score (nSPS) is 9.86. The van der Waals surface area contributed by atoms with Gasteiger partial charge in [0.1, 0.15) is 6.07 Å². The Balaban J connectivity index is 2.52. The molecule has 0 spiro atoms. The summed E-state index contributed by atoms with van der Waals surface area (Å²) >= 11 is 0. The molecule has 0 saturated carbocycles. The van der Waals surface area contributed by atoms with Gasteiger partial charge in [-0.15, -0.1) is 0 Å². The molecule has 0 unspecified atom stereocenters. The fourth-order valence-electron chi connectivity index (χ4n) is 2.09. The van der Waals surface area contributed by atoms with E-state index in [4.69, 9.17) is 5.26 Å². The minimum absolute atomic E-state index is 0.00876. The Morgan fingerprint density at radius 2 is 1.95 bits per heavy atom. The van der Waals surface area contributed by atoms with E-state index >= 15 is 0 Å². The van der Waals surface area contributed by atoms with E-state index in [9.17, 15) is 9.59 Å². The summed E-state index contributed by atoms with van der Waals surface area (Å²) < 4.78 is 0. The van der Waals surface area contributed by atoms with Crippen LogP contribution in [0.5, 0.6) is 0 Å². The van der Waals surface area contributed by atoms with E-state index < -0.39 is 0 Å². The number of rotatable bonds is 8. The van der Waals surface area contributed by atoms with E-state index in [1.54, 1.807) is 17.0 Å². The average molecular weight is 302 g/mol. The quantitative estimate of drug-likeness (QED) is 0.798. The molecular formula is C16H22N4O2. The Bertz CT molecular complexity index is 545. The number of hydrogen-bond donors (Lipinski definition) is 1. The highest BCUT2D eigenvalue weighted by molar-refractivity contribution is 5.94. The van der Waals surface area contributed by atoms with Crippen molar-refractivity contribution < 1.29 is 9.59 Å². The number of aromatic nitrogens is 1. The number of nitrogens with zero attached hydrogens (tertiary/aromatic N) is 3. The van der Waals surface area contributed by atoms with Crippen molar-refractivity contribution in [3.8, 4) is 6.07 Å². The minimum atomic E-state index is -0.286. The van der Waals surface area contributed by atoms with Gasteiger partial charge in [-0.1, -0.05) is 13.8 Å². The lowest BCUT2D eigenvalue weighted by Crippen LogP contribution is -2.33. The van der Waals surface area contributed by atoms with E-state index in [2.05, 4.69) is 10.3 Å². The first kappa shape index (κ1) is 17.6. The molecular weight excluding hydrogens is 280 g/mol. The van der Waals surface area contributed by atoms with E-state index in [1.807, 2.05) is 19.9 Å². The second-order valence-corrected chi connectivity index (χ2v) is 4.94. The largest absolute Gasteiger partial charge is 0.343 e. The van der Waals surface area contributed by atoms with Crippen LogP contribution in [-0.2, 0) is 9.59 Å². The molecule has 0 aliphatic heterocycles. The highest BCUT2D eigenvalue weighted by Gasteiger charge is 2.14. The fourth-order valence-corrected chi connectivity index (χ4v) is 2.09. The van der Waals surface area contributed by atoms with Crippen LogP contribution < -0.4 is 5.32 Å².